The highest BCUT2D eigenvalue weighted by molar-refractivity contribution is 5.99. The first-order valence-electron chi connectivity index (χ1n) is 8.16. The number of carbonyl (C=O) groups is 1. The quantitative estimate of drug-likeness (QED) is 0.873. The number of rotatable bonds is 3. The Morgan fingerprint density at radius 1 is 1.32 bits per heavy atom. The number of aromatic nitrogens is 1. The Bertz CT molecular complexity index is 721. The fourth-order valence-corrected chi connectivity index (χ4v) is 4.21. The van der Waals surface area contributed by atoms with Gasteiger partial charge in [-0.2, -0.15) is 0 Å². The number of hydrogen-bond acceptors (Lipinski definition) is 2. The molecule has 1 saturated heterocycles. The van der Waals surface area contributed by atoms with Gasteiger partial charge in [0.1, 0.15) is 5.69 Å². The Morgan fingerprint density at radius 3 is 2.82 bits per heavy atom. The van der Waals surface area contributed by atoms with E-state index in [-0.39, 0.29) is 5.91 Å². The van der Waals surface area contributed by atoms with E-state index in [2.05, 4.69) is 17.0 Å². The number of nitrogens with zero attached hydrogens (tertiary/aromatic N) is 2. The second-order valence-corrected chi connectivity index (χ2v) is 6.48. The van der Waals surface area contributed by atoms with Gasteiger partial charge < -0.3 is 14.2 Å². The molecular weight excluding hydrogens is 276 g/mol. The third-order valence-electron chi connectivity index (χ3n) is 5.29. The van der Waals surface area contributed by atoms with Crippen molar-refractivity contribution in [1.29, 1.82) is 0 Å². The van der Waals surface area contributed by atoms with Crippen molar-refractivity contribution in [3.05, 3.63) is 36.0 Å². The number of para-hydroxylation sites is 1. The molecule has 2 aliphatic rings. The van der Waals surface area contributed by atoms with Crippen LogP contribution >= 0.6 is 0 Å². The molecule has 2 fully saturated rings. The summed E-state index contributed by atoms with van der Waals surface area (Å²) in [5.41, 5.74) is 1.91. The lowest BCUT2D eigenvalue weighted by molar-refractivity contribution is 0.00734. The fourth-order valence-electron chi connectivity index (χ4n) is 4.21. The van der Waals surface area contributed by atoms with Gasteiger partial charge in [-0.3, -0.25) is 4.79 Å². The summed E-state index contributed by atoms with van der Waals surface area (Å²) in [5, 5.41) is 1.13. The third-order valence-corrected chi connectivity index (χ3v) is 5.29. The van der Waals surface area contributed by atoms with Crippen molar-refractivity contribution < 1.29 is 9.53 Å². The summed E-state index contributed by atoms with van der Waals surface area (Å²) in [6, 6.07) is 10.5. The summed E-state index contributed by atoms with van der Waals surface area (Å²) < 4.78 is 7.82. The van der Waals surface area contributed by atoms with E-state index in [9.17, 15) is 4.79 Å². The largest absolute Gasteiger partial charge is 0.378 e. The molecule has 4 nitrogen and oxygen atoms in total. The van der Waals surface area contributed by atoms with Gasteiger partial charge in [0.05, 0.1) is 6.10 Å². The SMILES string of the molecule is CCO[C@H]1CC2CC1CN2C(=O)c1cc2ccccc2n1C. The van der Waals surface area contributed by atoms with Crippen molar-refractivity contribution in [1.82, 2.24) is 9.47 Å². The number of aryl methyl sites for hydroxylation is 1. The van der Waals surface area contributed by atoms with E-state index in [0.29, 0.717) is 18.1 Å². The molecule has 0 N–H and O–H groups in total. The number of benzene rings is 1. The smallest absolute Gasteiger partial charge is 0.270 e. The minimum Gasteiger partial charge on any atom is -0.378 e. The second-order valence-electron chi connectivity index (χ2n) is 6.48. The van der Waals surface area contributed by atoms with Gasteiger partial charge in [0.15, 0.2) is 0 Å². The maximum atomic E-state index is 13.0. The Labute approximate surface area is 130 Å². The molecule has 1 aliphatic heterocycles. The lowest BCUT2D eigenvalue weighted by atomic mass is 10.1. The van der Waals surface area contributed by atoms with E-state index < -0.39 is 0 Å². The zero-order chi connectivity index (χ0) is 15.3. The van der Waals surface area contributed by atoms with E-state index in [1.807, 2.05) is 36.7 Å². The van der Waals surface area contributed by atoms with Crippen molar-refractivity contribution in [2.45, 2.75) is 31.9 Å². The molecular formula is C18H22N2O2. The average Bonchev–Trinajstić information content (AvgIpc) is 3.20. The summed E-state index contributed by atoms with van der Waals surface area (Å²) in [7, 11) is 1.98. The van der Waals surface area contributed by atoms with Gasteiger partial charge in [-0.1, -0.05) is 18.2 Å². The molecule has 1 aliphatic carbocycles. The predicted octanol–water partition coefficient (Wildman–Crippen LogP) is 2.82. The van der Waals surface area contributed by atoms with Crippen molar-refractivity contribution in [2.75, 3.05) is 13.2 Å². The summed E-state index contributed by atoms with van der Waals surface area (Å²) in [4.78, 5) is 15.0. The normalized spacial score (nSPS) is 27.0. The molecule has 4 rings (SSSR count). The molecule has 4 heteroatoms. The van der Waals surface area contributed by atoms with Crippen LogP contribution < -0.4 is 0 Å². The monoisotopic (exact) mass is 298 g/mol. The van der Waals surface area contributed by atoms with E-state index in [1.165, 1.54) is 0 Å². The van der Waals surface area contributed by atoms with Gasteiger partial charge in [0.25, 0.3) is 5.91 Å². The number of carbonyl (C=O) groups excluding carboxylic acids is 1. The van der Waals surface area contributed by atoms with Gasteiger partial charge in [-0.05, 0) is 31.9 Å². The van der Waals surface area contributed by atoms with Crippen molar-refractivity contribution >= 4 is 16.8 Å². The van der Waals surface area contributed by atoms with E-state index >= 15 is 0 Å². The third kappa shape index (κ3) is 1.97. The van der Waals surface area contributed by atoms with Crippen LogP contribution in [0.2, 0.25) is 0 Å². The molecule has 1 aromatic carbocycles. The molecule has 2 aromatic rings. The number of fused-ring (bicyclic) bond motifs is 3. The minimum absolute atomic E-state index is 0.168. The minimum atomic E-state index is 0.168. The van der Waals surface area contributed by atoms with Crippen LogP contribution in [0.3, 0.4) is 0 Å². The Hall–Kier alpha value is -1.81. The molecule has 2 bridgehead atoms. The van der Waals surface area contributed by atoms with Crippen LogP contribution in [-0.2, 0) is 11.8 Å². The highest BCUT2D eigenvalue weighted by Gasteiger charge is 2.47. The summed E-state index contributed by atoms with van der Waals surface area (Å²) in [5.74, 6) is 0.685. The number of hydrogen-bond donors (Lipinski definition) is 0. The predicted molar refractivity (Wildman–Crippen MR) is 85.9 cm³/mol. The lowest BCUT2D eigenvalue weighted by Gasteiger charge is -2.31. The molecule has 1 saturated carbocycles. The topological polar surface area (TPSA) is 34.5 Å². The number of amides is 1. The maximum absolute atomic E-state index is 13.0. The lowest BCUT2D eigenvalue weighted by Crippen LogP contribution is -2.42. The Balaban J connectivity index is 1.59. The molecule has 2 heterocycles. The van der Waals surface area contributed by atoms with Gasteiger partial charge in [0, 0.05) is 43.1 Å². The van der Waals surface area contributed by atoms with Crippen LogP contribution in [0, 0.1) is 5.92 Å². The number of likely N-dealkylation sites (tertiary alicyclic amines) is 1. The fraction of sp³-hybridized carbons (Fsp3) is 0.500. The zero-order valence-electron chi connectivity index (χ0n) is 13.2. The second kappa shape index (κ2) is 5.13. The van der Waals surface area contributed by atoms with Crippen LogP contribution in [0.1, 0.15) is 30.3 Å². The first kappa shape index (κ1) is 13.8. The summed E-state index contributed by atoms with van der Waals surface area (Å²) in [6.07, 6.45) is 2.45. The van der Waals surface area contributed by atoms with Crippen LogP contribution in [0.5, 0.6) is 0 Å². The maximum Gasteiger partial charge on any atom is 0.270 e. The van der Waals surface area contributed by atoms with Gasteiger partial charge >= 0.3 is 0 Å². The Morgan fingerprint density at radius 2 is 2.14 bits per heavy atom. The zero-order valence-corrected chi connectivity index (χ0v) is 13.2. The van der Waals surface area contributed by atoms with E-state index in [1.54, 1.807) is 0 Å². The van der Waals surface area contributed by atoms with Crippen LogP contribution in [0.15, 0.2) is 30.3 Å². The molecule has 0 radical (unpaired) electrons. The van der Waals surface area contributed by atoms with Crippen LogP contribution in [0.4, 0.5) is 0 Å². The van der Waals surface area contributed by atoms with Crippen LogP contribution in [0.25, 0.3) is 10.9 Å². The summed E-state index contributed by atoms with van der Waals surface area (Å²) in [6.45, 7) is 3.66. The standard InChI is InChI=1S/C18H22N2O2/c1-3-22-17-10-14-8-13(17)11-20(14)18(21)16-9-12-6-4-5-7-15(12)19(16)2/h4-7,9,13-14,17H,3,8,10-11H2,1-2H3/t13?,14?,17-/m0/s1. The number of piperidine rings is 1. The van der Waals surface area contributed by atoms with Crippen LogP contribution in [-0.4, -0.2) is 40.7 Å². The Kier molecular flexibility index (Phi) is 3.22. The van der Waals surface area contributed by atoms with Gasteiger partial charge in [-0.15, -0.1) is 0 Å². The molecule has 1 aromatic heterocycles. The highest BCUT2D eigenvalue weighted by Crippen LogP contribution is 2.40. The molecule has 2 unspecified atom stereocenters. The highest BCUT2D eigenvalue weighted by atomic mass is 16.5. The molecule has 3 atom stereocenters. The molecule has 116 valence electrons. The van der Waals surface area contributed by atoms with E-state index in [0.717, 1.165) is 42.6 Å². The van der Waals surface area contributed by atoms with Crippen molar-refractivity contribution in [3.8, 4) is 0 Å². The molecule has 1 amide bonds. The molecule has 22 heavy (non-hydrogen) atoms. The van der Waals surface area contributed by atoms with E-state index in [4.69, 9.17) is 4.74 Å². The first-order chi connectivity index (χ1) is 10.7. The van der Waals surface area contributed by atoms with Gasteiger partial charge in [0.2, 0.25) is 0 Å². The summed E-state index contributed by atoms with van der Waals surface area (Å²) >= 11 is 0. The van der Waals surface area contributed by atoms with Crippen molar-refractivity contribution in [3.63, 3.8) is 0 Å². The molecule has 0 spiro atoms. The van der Waals surface area contributed by atoms with Gasteiger partial charge in [-0.25, -0.2) is 0 Å². The number of ether oxygens (including phenoxy) is 1. The van der Waals surface area contributed by atoms with Crippen molar-refractivity contribution in [2.24, 2.45) is 13.0 Å². The first-order valence-corrected chi connectivity index (χ1v) is 8.16. The average molecular weight is 298 g/mol.